The van der Waals surface area contributed by atoms with E-state index in [0.717, 1.165) is 17.7 Å². The number of nitrogens with two attached hydrogens (primary N) is 1. The molecule has 1 aliphatic heterocycles. The van der Waals surface area contributed by atoms with Crippen molar-refractivity contribution in [2.45, 2.75) is 45.8 Å². The maximum atomic E-state index is 6.16. The SMILES string of the molecule is Cc1cc2c(cc1C)[C@H](N)CC(C)(C)O2. The molecule has 2 heteroatoms. The molecule has 1 aliphatic rings. The summed E-state index contributed by atoms with van der Waals surface area (Å²) in [5, 5.41) is 0. The lowest BCUT2D eigenvalue weighted by atomic mass is 9.88. The van der Waals surface area contributed by atoms with E-state index in [1.807, 2.05) is 0 Å². The van der Waals surface area contributed by atoms with Crippen LogP contribution in [0, 0.1) is 13.8 Å². The maximum Gasteiger partial charge on any atom is 0.125 e. The van der Waals surface area contributed by atoms with Crippen molar-refractivity contribution in [2.24, 2.45) is 5.73 Å². The summed E-state index contributed by atoms with van der Waals surface area (Å²) in [5.74, 6) is 0.960. The monoisotopic (exact) mass is 205 g/mol. The quantitative estimate of drug-likeness (QED) is 0.707. The first-order valence-corrected chi connectivity index (χ1v) is 5.45. The molecule has 0 radical (unpaired) electrons. The summed E-state index contributed by atoms with van der Waals surface area (Å²) in [6, 6.07) is 4.36. The summed E-state index contributed by atoms with van der Waals surface area (Å²) >= 11 is 0. The maximum absolute atomic E-state index is 6.16. The van der Waals surface area contributed by atoms with Gasteiger partial charge in [-0.15, -0.1) is 0 Å². The highest BCUT2D eigenvalue weighted by molar-refractivity contribution is 5.45. The van der Waals surface area contributed by atoms with Crippen molar-refractivity contribution in [3.8, 4) is 5.75 Å². The van der Waals surface area contributed by atoms with Crippen LogP contribution in [0.15, 0.2) is 12.1 Å². The smallest absolute Gasteiger partial charge is 0.125 e. The minimum absolute atomic E-state index is 0.100. The van der Waals surface area contributed by atoms with E-state index in [2.05, 4.69) is 39.8 Å². The van der Waals surface area contributed by atoms with Crippen LogP contribution in [0.5, 0.6) is 5.75 Å². The summed E-state index contributed by atoms with van der Waals surface area (Å²) in [7, 11) is 0. The van der Waals surface area contributed by atoms with Crippen LogP contribution in [0.4, 0.5) is 0 Å². The number of hydrogen-bond donors (Lipinski definition) is 1. The average Bonchev–Trinajstić information content (AvgIpc) is 2.07. The van der Waals surface area contributed by atoms with Gasteiger partial charge >= 0.3 is 0 Å². The Morgan fingerprint density at radius 1 is 1.27 bits per heavy atom. The zero-order valence-corrected chi connectivity index (χ0v) is 9.92. The van der Waals surface area contributed by atoms with Crippen LogP contribution in [0.25, 0.3) is 0 Å². The van der Waals surface area contributed by atoms with Crippen LogP contribution < -0.4 is 10.5 Å². The van der Waals surface area contributed by atoms with Crippen molar-refractivity contribution >= 4 is 0 Å². The molecule has 2 rings (SSSR count). The van der Waals surface area contributed by atoms with Gasteiger partial charge in [0, 0.05) is 18.0 Å². The first kappa shape index (κ1) is 10.5. The Morgan fingerprint density at radius 2 is 1.87 bits per heavy atom. The largest absolute Gasteiger partial charge is 0.487 e. The molecule has 1 aromatic carbocycles. The van der Waals surface area contributed by atoms with Gasteiger partial charge in [-0.05, 0) is 44.9 Å². The lowest BCUT2D eigenvalue weighted by Crippen LogP contribution is -2.37. The predicted molar refractivity (Wildman–Crippen MR) is 62.2 cm³/mol. The Kier molecular flexibility index (Phi) is 2.27. The molecule has 15 heavy (non-hydrogen) atoms. The Morgan fingerprint density at radius 3 is 2.53 bits per heavy atom. The van der Waals surface area contributed by atoms with Crippen molar-refractivity contribution in [1.82, 2.24) is 0 Å². The predicted octanol–water partition coefficient (Wildman–Crippen LogP) is 2.86. The highest BCUT2D eigenvalue weighted by atomic mass is 16.5. The molecule has 1 atom stereocenters. The van der Waals surface area contributed by atoms with Gasteiger partial charge < -0.3 is 10.5 Å². The van der Waals surface area contributed by atoms with Crippen molar-refractivity contribution < 1.29 is 4.74 Å². The second-order valence-electron chi connectivity index (χ2n) is 5.15. The first-order chi connectivity index (χ1) is 6.89. The fraction of sp³-hybridized carbons (Fsp3) is 0.538. The van der Waals surface area contributed by atoms with E-state index in [0.29, 0.717) is 0 Å². The molecule has 0 amide bonds. The van der Waals surface area contributed by atoms with E-state index in [1.165, 1.54) is 11.1 Å². The van der Waals surface area contributed by atoms with Gasteiger partial charge in [0.05, 0.1) is 0 Å². The first-order valence-electron chi connectivity index (χ1n) is 5.45. The summed E-state index contributed by atoms with van der Waals surface area (Å²) in [4.78, 5) is 0. The number of rotatable bonds is 0. The Hall–Kier alpha value is -1.02. The van der Waals surface area contributed by atoms with E-state index in [1.54, 1.807) is 0 Å². The van der Waals surface area contributed by atoms with E-state index in [4.69, 9.17) is 10.5 Å². The second-order valence-corrected chi connectivity index (χ2v) is 5.15. The molecule has 0 saturated carbocycles. The number of fused-ring (bicyclic) bond motifs is 1. The van der Waals surface area contributed by atoms with Gasteiger partial charge in [0.2, 0.25) is 0 Å². The molecule has 1 aromatic rings. The van der Waals surface area contributed by atoms with Crippen LogP contribution in [0.3, 0.4) is 0 Å². The molecule has 1 heterocycles. The normalized spacial score (nSPS) is 23.1. The molecule has 0 spiro atoms. The van der Waals surface area contributed by atoms with E-state index in [-0.39, 0.29) is 11.6 Å². The third-order valence-corrected chi connectivity index (χ3v) is 3.12. The van der Waals surface area contributed by atoms with Crippen molar-refractivity contribution in [2.75, 3.05) is 0 Å². The molecular formula is C13H19NO. The van der Waals surface area contributed by atoms with Gasteiger partial charge in [0.1, 0.15) is 11.4 Å². The molecule has 0 bridgehead atoms. The molecule has 0 aromatic heterocycles. The van der Waals surface area contributed by atoms with E-state index in [9.17, 15) is 0 Å². The molecule has 0 fully saturated rings. The van der Waals surface area contributed by atoms with Crippen molar-refractivity contribution in [3.05, 3.63) is 28.8 Å². The van der Waals surface area contributed by atoms with Crippen LogP contribution in [-0.2, 0) is 0 Å². The van der Waals surface area contributed by atoms with Crippen LogP contribution >= 0.6 is 0 Å². The fourth-order valence-corrected chi connectivity index (χ4v) is 2.17. The molecule has 0 saturated heterocycles. The fourth-order valence-electron chi connectivity index (χ4n) is 2.17. The van der Waals surface area contributed by atoms with Gasteiger partial charge in [-0.1, -0.05) is 6.07 Å². The highest BCUT2D eigenvalue weighted by Gasteiger charge is 2.31. The Bertz CT molecular complexity index is 396. The van der Waals surface area contributed by atoms with Crippen LogP contribution in [-0.4, -0.2) is 5.60 Å². The molecule has 2 N–H and O–H groups in total. The summed E-state index contributed by atoms with van der Waals surface area (Å²) in [6.45, 7) is 8.39. The van der Waals surface area contributed by atoms with Crippen molar-refractivity contribution in [3.63, 3.8) is 0 Å². The molecular weight excluding hydrogens is 186 g/mol. The van der Waals surface area contributed by atoms with Gasteiger partial charge in [0.15, 0.2) is 0 Å². The van der Waals surface area contributed by atoms with Gasteiger partial charge in [-0.3, -0.25) is 0 Å². The minimum Gasteiger partial charge on any atom is -0.487 e. The van der Waals surface area contributed by atoms with E-state index >= 15 is 0 Å². The zero-order valence-electron chi connectivity index (χ0n) is 9.92. The van der Waals surface area contributed by atoms with Crippen molar-refractivity contribution in [1.29, 1.82) is 0 Å². The number of ether oxygens (including phenoxy) is 1. The number of aryl methyl sites for hydroxylation is 2. The van der Waals surface area contributed by atoms with Gasteiger partial charge in [-0.2, -0.15) is 0 Å². The minimum atomic E-state index is -0.145. The molecule has 82 valence electrons. The average molecular weight is 205 g/mol. The molecule has 0 unspecified atom stereocenters. The molecule has 0 aliphatic carbocycles. The standard InChI is InChI=1S/C13H19NO/c1-8-5-10-11(14)7-13(3,4)15-12(10)6-9(8)2/h5-6,11H,7,14H2,1-4H3/t11-/m1/s1. The van der Waals surface area contributed by atoms with Crippen LogP contribution in [0.2, 0.25) is 0 Å². The van der Waals surface area contributed by atoms with Gasteiger partial charge in [-0.25, -0.2) is 0 Å². The lowest BCUT2D eigenvalue weighted by Gasteiger charge is -2.36. The Labute approximate surface area is 91.4 Å². The van der Waals surface area contributed by atoms with Gasteiger partial charge in [0.25, 0.3) is 0 Å². The summed E-state index contributed by atoms with van der Waals surface area (Å²) in [5.41, 5.74) is 9.71. The molecule has 2 nitrogen and oxygen atoms in total. The zero-order chi connectivity index (χ0) is 11.2. The number of hydrogen-bond acceptors (Lipinski definition) is 2. The lowest BCUT2D eigenvalue weighted by molar-refractivity contribution is 0.0728. The third kappa shape index (κ3) is 1.86. The van der Waals surface area contributed by atoms with E-state index < -0.39 is 0 Å². The summed E-state index contributed by atoms with van der Waals surface area (Å²) in [6.07, 6.45) is 0.877. The second kappa shape index (κ2) is 3.24. The highest BCUT2D eigenvalue weighted by Crippen LogP contribution is 2.39. The topological polar surface area (TPSA) is 35.2 Å². The summed E-state index contributed by atoms with van der Waals surface area (Å²) < 4.78 is 5.95. The van der Waals surface area contributed by atoms with Crippen LogP contribution in [0.1, 0.15) is 43.0 Å². The number of benzene rings is 1. The Balaban J connectivity index is 2.51. The third-order valence-electron chi connectivity index (χ3n) is 3.12.